The highest BCUT2D eigenvalue weighted by Crippen LogP contribution is 2.29. The summed E-state index contributed by atoms with van der Waals surface area (Å²) in [5, 5.41) is 7.67. The molecule has 33 heavy (non-hydrogen) atoms. The normalized spacial score (nSPS) is 10.8. The van der Waals surface area contributed by atoms with Crippen LogP contribution in [0.15, 0.2) is 71.6 Å². The summed E-state index contributed by atoms with van der Waals surface area (Å²) in [4.78, 5) is 23.8. The van der Waals surface area contributed by atoms with Crippen LogP contribution in [0, 0.1) is 0 Å². The van der Waals surface area contributed by atoms with Gasteiger partial charge in [-0.05, 0) is 54.6 Å². The Balaban J connectivity index is 1.80. The zero-order valence-corrected chi connectivity index (χ0v) is 19.3. The van der Waals surface area contributed by atoms with E-state index in [4.69, 9.17) is 16.3 Å². The molecule has 11 heteroatoms. The van der Waals surface area contributed by atoms with Gasteiger partial charge in [-0.1, -0.05) is 23.7 Å². The van der Waals surface area contributed by atoms with E-state index in [9.17, 15) is 18.0 Å². The van der Waals surface area contributed by atoms with Gasteiger partial charge in [-0.25, -0.2) is 13.2 Å². The highest BCUT2D eigenvalue weighted by atomic mass is 35.5. The van der Waals surface area contributed by atoms with Gasteiger partial charge in [0.05, 0.1) is 17.8 Å². The minimum atomic E-state index is -4.11. The van der Waals surface area contributed by atoms with Gasteiger partial charge in [-0.15, -0.1) is 0 Å². The highest BCUT2D eigenvalue weighted by Gasteiger charge is 2.22. The van der Waals surface area contributed by atoms with Gasteiger partial charge in [0.25, 0.3) is 15.9 Å². The van der Waals surface area contributed by atoms with Crippen molar-refractivity contribution in [2.75, 3.05) is 29.5 Å². The third-order valence-electron chi connectivity index (χ3n) is 4.46. The monoisotopic (exact) mass is 488 g/mol. The fraction of sp³-hybridized carbons (Fsp3) is 0.0909. The van der Waals surface area contributed by atoms with Crippen molar-refractivity contribution in [2.24, 2.45) is 0 Å². The highest BCUT2D eigenvalue weighted by molar-refractivity contribution is 7.92. The summed E-state index contributed by atoms with van der Waals surface area (Å²) in [6.07, 6.45) is 0. The van der Waals surface area contributed by atoms with Crippen molar-refractivity contribution in [2.45, 2.75) is 4.90 Å². The van der Waals surface area contributed by atoms with Crippen molar-refractivity contribution in [3.05, 3.63) is 77.3 Å². The molecule has 3 rings (SSSR count). The number of nitrogens with one attached hydrogen (secondary N) is 4. The van der Waals surface area contributed by atoms with E-state index in [0.29, 0.717) is 17.1 Å². The molecule has 4 N–H and O–H groups in total. The first-order valence-electron chi connectivity index (χ1n) is 9.59. The number of benzene rings is 3. The average Bonchev–Trinajstić information content (AvgIpc) is 2.80. The van der Waals surface area contributed by atoms with E-state index in [1.165, 1.54) is 32.4 Å². The number of carbonyl (C=O) groups is 2. The molecule has 0 aliphatic heterocycles. The number of hydrogen-bond acceptors (Lipinski definition) is 5. The molecule has 3 aromatic carbocycles. The van der Waals surface area contributed by atoms with Crippen LogP contribution < -0.4 is 25.4 Å². The van der Waals surface area contributed by atoms with E-state index in [0.717, 1.165) is 0 Å². The molecule has 0 aliphatic carbocycles. The largest absolute Gasteiger partial charge is 0.495 e. The van der Waals surface area contributed by atoms with E-state index >= 15 is 0 Å². The van der Waals surface area contributed by atoms with Crippen molar-refractivity contribution >= 4 is 50.6 Å². The maximum Gasteiger partial charge on any atom is 0.318 e. The molecule has 9 nitrogen and oxygen atoms in total. The molecule has 172 valence electrons. The van der Waals surface area contributed by atoms with Crippen LogP contribution in [0.4, 0.5) is 21.9 Å². The molecule has 0 fully saturated rings. The number of para-hydroxylation sites is 2. The fourth-order valence-corrected chi connectivity index (χ4v) is 4.41. The Morgan fingerprint density at radius 3 is 2.18 bits per heavy atom. The summed E-state index contributed by atoms with van der Waals surface area (Å²) in [6, 6.07) is 16.5. The van der Waals surface area contributed by atoms with Crippen LogP contribution in [-0.2, 0) is 10.0 Å². The van der Waals surface area contributed by atoms with Gasteiger partial charge in [0.15, 0.2) is 0 Å². The van der Waals surface area contributed by atoms with Gasteiger partial charge in [-0.2, -0.15) is 0 Å². The van der Waals surface area contributed by atoms with Crippen LogP contribution in [0.5, 0.6) is 5.75 Å². The standard InChI is InChI=1S/C22H21ClN4O5S/c1-24-22(29)26-16-10-8-15(9-11-16)25-21(28)14-7-12-17(23)20(13-14)33(30,31)27-18-5-3-4-6-19(18)32-2/h3-13,27H,1-2H3,(H,25,28)(H2,24,26,29). The lowest BCUT2D eigenvalue weighted by Crippen LogP contribution is -2.24. The van der Waals surface area contributed by atoms with Crippen LogP contribution in [0.2, 0.25) is 5.02 Å². The smallest absolute Gasteiger partial charge is 0.318 e. The fourth-order valence-electron chi connectivity index (χ4n) is 2.81. The summed E-state index contributed by atoms with van der Waals surface area (Å²) in [5.41, 5.74) is 1.31. The Kier molecular flexibility index (Phi) is 7.41. The van der Waals surface area contributed by atoms with Crippen molar-refractivity contribution in [1.29, 1.82) is 0 Å². The Morgan fingerprint density at radius 2 is 1.55 bits per heavy atom. The Morgan fingerprint density at radius 1 is 0.909 bits per heavy atom. The van der Waals surface area contributed by atoms with E-state index in [1.54, 1.807) is 48.5 Å². The first-order valence-corrected chi connectivity index (χ1v) is 11.4. The van der Waals surface area contributed by atoms with Crippen molar-refractivity contribution in [1.82, 2.24) is 5.32 Å². The summed E-state index contributed by atoms with van der Waals surface area (Å²) in [7, 11) is -1.19. The third-order valence-corrected chi connectivity index (χ3v) is 6.31. The second-order valence-corrected chi connectivity index (χ2v) is 8.74. The number of sulfonamides is 1. The summed E-state index contributed by atoms with van der Waals surface area (Å²) in [6.45, 7) is 0. The maximum absolute atomic E-state index is 13.0. The quantitative estimate of drug-likeness (QED) is 0.397. The number of rotatable bonds is 7. The second kappa shape index (κ2) is 10.2. The summed E-state index contributed by atoms with van der Waals surface area (Å²) < 4.78 is 33.5. The van der Waals surface area contributed by atoms with Gasteiger partial charge >= 0.3 is 6.03 Å². The van der Waals surface area contributed by atoms with Crippen LogP contribution in [0.1, 0.15) is 10.4 Å². The molecule has 0 radical (unpaired) electrons. The van der Waals surface area contributed by atoms with E-state index in [2.05, 4.69) is 20.7 Å². The Labute approximate surface area is 196 Å². The molecule has 0 atom stereocenters. The molecule has 0 spiro atoms. The number of carbonyl (C=O) groups excluding carboxylic acids is 2. The molecule has 0 heterocycles. The van der Waals surface area contributed by atoms with E-state index in [-0.39, 0.29) is 27.2 Å². The molecular weight excluding hydrogens is 468 g/mol. The van der Waals surface area contributed by atoms with Crippen molar-refractivity contribution < 1.29 is 22.7 Å². The van der Waals surface area contributed by atoms with Crippen LogP contribution in [-0.4, -0.2) is 34.5 Å². The lowest BCUT2D eigenvalue weighted by Gasteiger charge is -2.13. The van der Waals surface area contributed by atoms with Gasteiger partial charge in [0.1, 0.15) is 10.6 Å². The lowest BCUT2D eigenvalue weighted by molar-refractivity contribution is 0.102. The van der Waals surface area contributed by atoms with Gasteiger partial charge in [0, 0.05) is 24.0 Å². The van der Waals surface area contributed by atoms with Gasteiger partial charge in [0.2, 0.25) is 0 Å². The number of amides is 3. The first-order chi connectivity index (χ1) is 15.7. The van der Waals surface area contributed by atoms with Gasteiger partial charge < -0.3 is 20.7 Å². The summed E-state index contributed by atoms with van der Waals surface area (Å²) in [5.74, 6) is -0.201. The van der Waals surface area contributed by atoms with Crippen LogP contribution >= 0.6 is 11.6 Å². The number of ether oxygens (including phenoxy) is 1. The molecule has 0 saturated heterocycles. The van der Waals surface area contributed by atoms with Gasteiger partial charge in [-0.3, -0.25) is 9.52 Å². The van der Waals surface area contributed by atoms with Crippen molar-refractivity contribution in [3.8, 4) is 5.75 Å². The summed E-state index contributed by atoms with van der Waals surface area (Å²) >= 11 is 6.13. The SMILES string of the molecule is CNC(=O)Nc1ccc(NC(=O)c2ccc(Cl)c(S(=O)(=O)Nc3ccccc3OC)c2)cc1. The topological polar surface area (TPSA) is 126 Å². The second-order valence-electron chi connectivity index (χ2n) is 6.69. The predicted molar refractivity (Wildman–Crippen MR) is 128 cm³/mol. The molecule has 0 aromatic heterocycles. The molecular formula is C22H21ClN4O5S. The number of methoxy groups -OCH3 is 1. The minimum Gasteiger partial charge on any atom is -0.495 e. The van der Waals surface area contributed by atoms with Crippen LogP contribution in [0.3, 0.4) is 0 Å². The average molecular weight is 489 g/mol. The number of anilines is 3. The number of halogens is 1. The molecule has 0 unspecified atom stereocenters. The third kappa shape index (κ3) is 5.93. The van der Waals surface area contributed by atoms with E-state index in [1.807, 2.05) is 0 Å². The molecule has 3 amide bonds. The lowest BCUT2D eigenvalue weighted by atomic mass is 10.2. The molecule has 0 saturated carbocycles. The Bertz CT molecular complexity index is 1280. The Hall–Kier alpha value is -3.76. The zero-order chi connectivity index (χ0) is 24.0. The zero-order valence-electron chi connectivity index (χ0n) is 17.7. The minimum absolute atomic E-state index is 0.0430. The maximum atomic E-state index is 13.0. The van der Waals surface area contributed by atoms with E-state index < -0.39 is 15.9 Å². The number of urea groups is 1. The first kappa shape index (κ1) is 23.9. The molecule has 0 aliphatic rings. The molecule has 3 aromatic rings. The van der Waals surface area contributed by atoms with Crippen LogP contribution in [0.25, 0.3) is 0 Å². The molecule has 0 bridgehead atoms. The predicted octanol–water partition coefficient (Wildman–Crippen LogP) is 4.15. The van der Waals surface area contributed by atoms with Crippen molar-refractivity contribution in [3.63, 3.8) is 0 Å². The number of hydrogen-bond donors (Lipinski definition) is 4.